The Hall–Kier alpha value is -2.41. The molecule has 0 bridgehead atoms. The largest absolute Gasteiger partial charge is 0.342 e. The number of hydrogen-bond donors (Lipinski definition) is 0. The maximum atomic E-state index is 13.2. The van der Waals surface area contributed by atoms with Crippen molar-refractivity contribution in [2.24, 2.45) is 0 Å². The van der Waals surface area contributed by atoms with Gasteiger partial charge < -0.3 is 4.57 Å². The van der Waals surface area contributed by atoms with Crippen molar-refractivity contribution in [1.29, 1.82) is 0 Å². The molecule has 0 spiro atoms. The van der Waals surface area contributed by atoms with E-state index in [9.17, 15) is 9.59 Å². The van der Waals surface area contributed by atoms with Crippen molar-refractivity contribution in [3.05, 3.63) is 108 Å². The summed E-state index contributed by atoms with van der Waals surface area (Å²) in [5.74, 6) is -0.339. The van der Waals surface area contributed by atoms with Gasteiger partial charge >= 0.3 is 0 Å². The van der Waals surface area contributed by atoms with Crippen molar-refractivity contribution in [3.8, 4) is 0 Å². The Morgan fingerprint density at radius 1 is 0.865 bits per heavy atom. The summed E-state index contributed by atoms with van der Waals surface area (Å²) in [6.07, 6.45) is 4.64. The fraction of sp³-hybridized carbons (Fsp3) is 0.143. The molecule has 4 aromatic rings. The van der Waals surface area contributed by atoms with Gasteiger partial charge in [-0.15, -0.1) is 0 Å². The van der Waals surface area contributed by atoms with Gasteiger partial charge in [0.15, 0.2) is 0 Å². The molecule has 37 heavy (non-hydrogen) atoms. The van der Waals surface area contributed by atoms with Crippen molar-refractivity contribution >= 4 is 86.3 Å². The van der Waals surface area contributed by atoms with Gasteiger partial charge in [-0.2, -0.15) is 0 Å². The first-order valence-electron chi connectivity index (χ1n) is 11.5. The first kappa shape index (κ1) is 26.2. The molecule has 2 amide bonds. The third kappa shape index (κ3) is 5.29. The number of fused-ring (bicyclic) bond motifs is 1. The summed E-state index contributed by atoms with van der Waals surface area (Å²) < 4.78 is 2.13. The predicted molar refractivity (Wildman–Crippen MR) is 155 cm³/mol. The van der Waals surface area contributed by atoms with E-state index in [-0.39, 0.29) is 17.7 Å². The monoisotopic (exact) mass is 588 g/mol. The number of aryl methyl sites for hydroxylation is 1. The molecule has 0 saturated carbocycles. The van der Waals surface area contributed by atoms with Crippen molar-refractivity contribution in [2.45, 2.75) is 26.4 Å². The molecule has 1 aromatic heterocycles. The number of aromatic nitrogens is 1. The summed E-state index contributed by atoms with van der Waals surface area (Å²) in [6.45, 7) is 2.77. The van der Waals surface area contributed by atoms with Gasteiger partial charge in [-0.3, -0.25) is 14.5 Å². The van der Waals surface area contributed by atoms with Crippen LogP contribution in [0.15, 0.2) is 65.7 Å². The number of para-hydroxylation sites is 1. The highest BCUT2D eigenvalue weighted by molar-refractivity contribution is 8.18. The number of thioether (sulfide) groups is 1. The number of carbonyl (C=O) groups is 2. The highest BCUT2D eigenvalue weighted by atomic mass is 35.5. The van der Waals surface area contributed by atoms with Crippen LogP contribution in [0.2, 0.25) is 20.1 Å². The lowest BCUT2D eigenvalue weighted by Crippen LogP contribution is -2.27. The minimum Gasteiger partial charge on any atom is -0.342 e. The van der Waals surface area contributed by atoms with Crippen molar-refractivity contribution in [2.75, 3.05) is 0 Å². The molecule has 0 unspecified atom stereocenters. The fourth-order valence-corrected chi connectivity index (χ4v) is 6.04. The van der Waals surface area contributed by atoms with Crippen LogP contribution in [0.1, 0.15) is 29.2 Å². The second-order valence-electron chi connectivity index (χ2n) is 8.63. The molecule has 2 heterocycles. The van der Waals surface area contributed by atoms with E-state index in [1.165, 1.54) is 10.5 Å². The van der Waals surface area contributed by atoms with Crippen LogP contribution in [0.25, 0.3) is 17.0 Å². The number of nitrogens with zero attached hydrogens (tertiary/aromatic N) is 2. The number of benzene rings is 3. The highest BCUT2D eigenvalue weighted by Gasteiger charge is 2.35. The van der Waals surface area contributed by atoms with E-state index in [2.05, 4.69) is 17.6 Å². The summed E-state index contributed by atoms with van der Waals surface area (Å²) >= 11 is 25.6. The molecule has 0 atom stereocenters. The molecule has 1 aliphatic heterocycles. The minimum absolute atomic E-state index is 0.121. The van der Waals surface area contributed by atoms with E-state index >= 15 is 0 Å². The molecule has 188 valence electrons. The van der Waals surface area contributed by atoms with E-state index < -0.39 is 0 Å². The molecule has 4 nitrogen and oxygen atoms in total. The zero-order valence-corrected chi connectivity index (χ0v) is 23.4. The molecule has 9 heteroatoms. The number of hydrogen-bond acceptors (Lipinski definition) is 3. The summed E-state index contributed by atoms with van der Waals surface area (Å²) in [5, 5.41) is 2.64. The first-order valence-corrected chi connectivity index (χ1v) is 13.8. The van der Waals surface area contributed by atoms with Crippen LogP contribution in [0, 0.1) is 0 Å². The predicted octanol–water partition coefficient (Wildman–Crippen LogP) is 9.10. The van der Waals surface area contributed by atoms with E-state index in [4.69, 9.17) is 46.4 Å². The van der Waals surface area contributed by atoms with Crippen molar-refractivity contribution < 1.29 is 9.59 Å². The summed E-state index contributed by atoms with van der Waals surface area (Å²) in [4.78, 5) is 27.6. The second kappa shape index (κ2) is 10.8. The lowest BCUT2D eigenvalue weighted by atomic mass is 10.1. The normalized spacial score (nSPS) is 14.9. The Balaban J connectivity index is 1.51. The lowest BCUT2D eigenvalue weighted by Gasteiger charge is -2.12. The van der Waals surface area contributed by atoms with Gasteiger partial charge in [-0.25, -0.2) is 0 Å². The number of carbonyl (C=O) groups excluding carboxylic acids is 2. The Bertz CT molecular complexity index is 1590. The fourth-order valence-electron chi connectivity index (χ4n) is 4.42. The lowest BCUT2D eigenvalue weighted by molar-refractivity contribution is -0.123. The number of rotatable bonds is 6. The Morgan fingerprint density at radius 2 is 1.68 bits per heavy atom. The molecule has 1 fully saturated rings. The zero-order valence-electron chi connectivity index (χ0n) is 19.6. The molecular weight excluding hydrogens is 570 g/mol. The molecule has 3 aromatic carbocycles. The first-order chi connectivity index (χ1) is 17.7. The summed E-state index contributed by atoms with van der Waals surface area (Å²) in [7, 11) is 0. The molecule has 0 radical (unpaired) electrons. The van der Waals surface area contributed by atoms with Gasteiger partial charge in [0.25, 0.3) is 11.1 Å². The average molecular weight is 590 g/mol. The highest BCUT2D eigenvalue weighted by Crippen LogP contribution is 2.36. The smallest absolute Gasteiger partial charge is 0.293 e. The quantitative estimate of drug-likeness (QED) is 0.211. The molecule has 1 saturated heterocycles. The van der Waals surface area contributed by atoms with E-state index in [0.717, 1.165) is 45.8 Å². The van der Waals surface area contributed by atoms with Gasteiger partial charge in [-0.05, 0) is 65.2 Å². The van der Waals surface area contributed by atoms with Crippen molar-refractivity contribution in [1.82, 2.24) is 9.47 Å². The Labute approximate surface area is 238 Å². The van der Waals surface area contributed by atoms with Gasteiger partial charge in [0.1, 0.15) is 0 Å². The minimum atomic E-state index is -0.339. The van der Waals surface area contributed by atoms with Crippen molar-refractivity contribution in [3.63, 3.8) is 0 Å². The van der Waals surface area contributed by atoms with E-state index in [1.807, 2.05) is 30.5 Å². The van der Waals surface area contributed by atoms with Crippen LogP contribution in [-0.2, 0) is 24.3 Å². The van der Waals surface area contributed by atoms with Crippen LogP contribution in [0.3, 0.4) is 0 Å². The van der Waals surface area contributed by atoms with E-state index in [1.54, 1.807) is 30.3 Å². The van der Waals surface area contributed by atoms with Crippen LogP contribution < -0.4 is 0 Å². The maximum absolute atomic E-state index is 13.2. The van der Waals surface area contributed by atoms with E-state index in [0.29, 0.717) is 31.5 Å². The molecule has 5 rings (SSSR count). The number of halogens is 4. The standard InChI is InChI=1S/C28H20Cl4N2O2S/c1-2-17-4-3-5-21-19(15-33(26(17)21)14-18-7-8-20(29)12-23(18)31)11-25-27(35)34(28(36)37-25)13-16-6-9-22(30)24(32)10-16/h3-12,15H,2,13-14H2,1H3/b25-11-. The van der Waals surface area contributed by atoms with Crippen LogP contribution in [-0.4, -0.2) is 20.6 Å². The second-order valence-corrected chi connectivity index (χ2v) is 11.3. The topological polar surface area (TPSA) is 42.3 Å². The molecule has 1 aliphatic rings. The molecule has 0 aliphatic carbocycles. The van der Waals surface area contributed by atoms with Gasteiger partial charge in [0.2, 0.25) is 0 Å². The van der Waals surface area contributed by atoms with Gasteiger partial charge in [0, 0.05) is 33.7 Å². The van der Waals surface area contributed by atoms with Crippen LogP contribution >= 0.6 is 58.2 Å². The van der Waals surface area contributed by atoms with Crippen LogP contribution in [0.4, 0.5) is 4.79 Å². The maximum Gasteiger partial charge on any atom is 0.293 e. The van der Waals surface area contributed by atoms with Gasteiger partial charge in [-0.1, -0.05) is 83.7 Å². The number of imide groups is 1. The molecular formula is C28H20Cl4N2O2S. The van der Waals surface area contributed by atoms with Crippen LogP contribution in [0.5, 0.6) is 0 Å². The summed E-state index contributed by atoms with van der Waals surface area (Å²) in [6, 6.07) is 16.7. The third-order valence-electron chi connectivity index (χ3n) is 6.23. The molecule has 0 N–H and O–H groups in total. The summed E-state index contributed by atoms with van der Waals surface area (Å²) in [5.41, 5.74) is 4.76. The third-order valence-corrected chi connectivity index (χ3v) is 8.47. The number of amides is 2. The van der Waals surface area contributed by atoms with Gasteiger partial charge in [0.05, 0.1) is 27.0 Å². The zero-order chi connectivity index (χ0) is 26.3. The Kier molecular flexibility index (Phi) is 7.62. The Morgan fingerprint density at radius 3 is 2.41 bits per heavy atom. The average Bonchev–Trinajstić information content (AvgIpc) is 3.35. The SMILES string of the molecule is CCc1cccc2c(/C=C3\SC(=O)N(Cc4ccc(Cl)c(Cl)c4)C3=O)cn(Cc3ccc(Cl)cc3Cl)c12.